The Balaban J connectivity index is 2.19. The molecule has 0 saturated carbocycles. The van der Waals surface area contributed by atoms with Crippen molar-refractivity contribution in [2.45, 2.75) is 33.2 Å². The van der Waals surface area contributed by atoms with Crippen molar-refractivity contribution in [3.63, 3.8) is 0 Å². The zero-order chi connectivity index (χ0) is 14.0. The Labute approximate surface area is 113 Å². The molecule has 1 heterocycles. The van der Waals surface area contributed by atoms with Crippen molar-refractivity contribution in [1.29, 1.82) is 0 Å². The highest BCUT2D eigenvalue weighted by Gasteiger charge is 2.28. The molecule has 19 heavy (non-hydrogen) atoms. The summed E-state index contributed by atoms with van der Waals surface area (Å²) < 4.78 is 28.0. The minimum Gasteiger partial charge on any atom is -0.366 e. The molecule has 2 nitrogen and oxygen atoms in total. The molecule has 0 radical (unpaired) electrons. The van der Waals surface area contributed by atoms with E-state index in [0.717, 1.165) is 13.0 Å². The summed E-state index contributed by atoms with van der Waals surface area (Å²) in [6, 6.07) is 3.29. The predicted octanol–water partition coefficient (Wildman–Crippen LogP) is 3.10. The van der Waals surface area contributed by atoms with E-state index < -0.39 is 11.6 Å². The first-order chi connectivity index (χ1) is 9.04. The van der Waals surface area contributed by atoms with Gasteiger partial charge in [0.15, 0.2) is 5.82 Å². The molecule has 0 spiro atoms. The molecule has 0 amide bonds. The van der Waals surface area contributed by atoms with Gasteiger partial charge in [-0.1, -0.05) is 19.9 Å². The Morgan fingerprint density at radius 1 is 1.37 bits per heavy atom. The number of aryl methyl sites for hydroxylation is 1. The number of halogens is 2. The average Bonchev–Trinajstić information content (AvgIpc) is 2.38. The molecule has 1 fully saturated rings. The minimum absolute atomic E-state index is 0.141. The lowest BCUT2D eigenvalue weighted by molar-refractivity contribution is 0.323. The number of anilines is 1. The average molecular weight is 268 g/mol. The van der Waals surface area contributed by atoms with Crippen LogP contribution in [0.5, 0.6) is 0 Å². The van der Waals surface area contributed by atoms with Crippen LogP contribution in [0.2, 0.25) is 0 Å². The maximum absolute atomic E-state index is 14.1. The van der Waals surface area contributed by atoms with Gasteiger partial charge in [-0.3, -0.25) is 0 Å². The summed E-state index contributed by atoms with van der Waals surface area (Å²) in [6.45, 7) is 8.20. The molecule has 0 aromatic heterocycles. The van der Waals surface area contributed by atoms with Gasteiger partial charge in [-0.05, 0) is 37.4 Å². The quantitative estimate of drug-likeness (QED) is 0.906. The summed E-state index contributed by atoms with van der Waals surface area (Å²) in [4.78, 5) is 1.84. The van der Waals surface area contributed by atoms with E-state index in [2.05, 4.69) is 19.2 Å². The van der Waals surface area contributed by atoms with Crippen LogP contribution in [0.15, 0.2) is 12.1 Å². The van der Waals surface area contributed by atoms with Gasteiger partial charge in [0.1, 0.15) is 11.5 Å². The van der Waals surface area contributed by atoms with Crippen molar-refractivity contribution in [1.82, 2.24) is 5.32 Å². The molecular weight excluding hydrogens is 246 g/mol. The molecule has 1 aromatic carbocycles. The van der Waals surface area contributed by atoms with E-state index in [1.54, 1.807) is 6.92 Å². The number of hydrogen-bond acceptors (Lipinski definition) is 2. The molecule has 0 aliphatic carbocycles. The largest absolute Gasteiger partial charge is 0.366 e. The van der Waals surface area contributed by atoms with E-state index >= 15 is 0 Å². The number of hydrogen-bond donors (Lipinski definition) is 1. The fraction of sp³-hybridized carbons (Fsp3) is 0.600. The second-order valence-electron chi connectivity index (χ2n) is 5.40. The van der Waals surface area contributed by atoms with Crippen LogP contribution in [-0.2, 0) is 0 Å². The Bertz CT molecular complexity index is 448. The first-order valence-electron chi connectivity index (χ1n) is 6.97. The summed E-state index contributed by atoms with van der Waals surface area (Å²) >= 11 is 0. The lowest BCUT2D eigenvalue weighted by Crippen LogP contribution is -2.48. The van der Waals surface area contributed by atoms with E-state index in [1.165, 1.54) is 12.1 Å². The van der Waals surface area contributed by atoms with E-state index in [9.17, 15) is 8.78 Å². The summed E-state index contributed by atoms with van der Waals surface area (Å²) in [7, 11) is 0. The van der Waals surface area contributed by atoms with E-state index in [1.807, 2.05) is 4.90 Å². The molecule has 1 N–H and O–H groups in total. The van der Waals surface area contributed by atoms with Gasteiger partial charge in [0.2, 0.25) is 0 Å². The van der Waals surface area contributed by atoms with Crippen LogP contribution in [0, 0.1) is 24.5 Å². The van der Waals surface area contributed by atoms with Gasteiger partial charge in [0, 0.05) is 19.1 Å². The van der Waals surface area contributed by atoms with E-state index in [4.69, 9.17) is 0 Å². The SMILES string of the molecule is CCNC1CCN(c2c(F)ccc(C)c2F)CC1C. The molecule has 1 saturated heterocycles. The topological polar surface area (TPSA) is 15.3 Å². The van der Waals surface area contributed by atoms with Gasteiger partial charge < -0.3 is 10.2 Å². The van der Waals surface area contributed by atoms with Gasteiger partial charge in [0.05, 0.1) is 0 Å². The maximum Gasteiger partial charge on any atom is 0.152 e. The van der Waals surface area contributed by atoms with Crippen molar-refractivity contribution < 1.29 is 8.78 Å². The molecule has 0 bridgehead atoms. The lowest BCUT2D eigenvalue weighted by Gasteiger charge is -2.39. The molecule has 2 rings (SSSR count). The third-order valence-corrected chi connectivity index (χ3v) is 3.95. The number of benzene rings is 1. The first-order valence-corrected chi connectivity index (χ1v) is 6.97. The molecule has 2 atom stereocenters. The summed E-state index contributed by atoms with van der Waals surface area (Å²) in [5, 5.41) is 3.43. The van der Waals surface area contributed by atoms with Crippen LogP contribution < -0.4 is 10.2 Å². The van der Waals surface area contributed by atoms with Crippen LogP contribution in [-0.4, -0.2) is 25.7 Å². The minimum atomic E-state index is -0.461. The smallest absolute Gasteiger partial charge is 0.152 e. The predicted molar refractivity (Wildman–Crippen MR) is 74.6 cm³/mol. The highest BCUT2D eigenvalue weighted by atomic mass is 19.1. The number of nitrogens with one attached hydrogen (secondary N) is 1. The van der Waals surface area contributed by atoms with Gasteiger partial charge in [0.25, 0.3) is 0 Å². The van der Waals surface area contributed by atoms with E-state index in [-0.39, 0.29) is 5.69 Å². The second-order valence-corrected chi connectivity index (χ2v) is 5.40. The maximum atomic E-state index is 14.1. The Morgan fingerprint density at radius 3 is 2.74 bits per heavy atom. The summed E-state index contributed by atoms with van der Waals surface area (Å²) in [5.41, 5.74) is 0.639. The van der Waals surface area contributed by atoms with Crippen LogP contribution in [0.1, 0.15) is 25.8 Å². The zero-order valence-electron chi connectivity index (χ0n) is 11.8. The van der Waals surface area contributed by atoms with Gasteiger partial charge in [-0.25, -0.2) is 8.78 Å². The van der Waals surface area contributed by atoms with Crippen molar-refractivity contribution in [3.8, 4) is 0 Å². The van der Waals surface area contributed by atoms with E-state index in [0.29, 0.717) is 30.6 Å². The number of piperidine rings is 1. The highest BCUT2D eigenvalue weighted by Crippen LogP contribution is 2.29. The fourth-order valence-electron chi connectivity index (χ4n) is 2.85. The Hall–Kier alpha value is -1.16. The first kappa shape index (κ1) is 14.3. The molecule has 106 valence electrons. The molecule has 1 aliphatic heterocycles. The molecular formula is C15H22F2N2. The molecule has 2 unspecified atom stereocenters. The van der Waals surface area contributed by atoms with Crippen LogP contribution in [0.3, 0.4) is 0 Å². The Morgan fingerprint density at radius 2 is 2.11 bits per heavy atom. The van der Waals surface area contributed by atoms with Gasteiger partial charge >= 0.3 is 0 Å². The second kappa shape index (κ2) is 5.87. The molecule has 1 aromatic rings. The van der Waals surface area contributed by atoms with Crippen LogP contribution in [0.4, 0.5) is 14.5 Å². The van der Waals surface area contributed by atoms with Crippen molar-refractivity contribution in [2.75, 3.05) is 24.5 Å². The number of nitrogens with zero attached hydrogens (tertiary/aromatic N) is 1. The monoisotopic (exact) mass is 268 g/mol. The van der Waals surface area contributed by atoms with Gasteiger partial charge in [-0.2, -0.15) is 0 Å². The Kier molecular flexibility index (Phi) is 4.40. The third kappa shape index (κ3) is 2.89. The number of rotatable bonds is 3. The highest BCUT2D eigenvalue weighted by molar-refractivity contribution is 5.52. The summed E-state index contributed by atoms with van der Waals surface area (Å²) in [5.74, 6) is -0.501. The third-order valence-electron chi connectivity index (χ3n) is 3.95. The van der Waals surface area contributed by atoms with Crippen LogP contribution >= 0.6 is 0 Å². The molecule has 1 aliphatic rings. The lowest BCUT2D eigenvalue weighted by atomic mass is 9.93. The fourth-order valence-corrected chi connectivity index (χ4v) is 2.85. The summed E-state index contributed by atoms with van der Waals surface area (Å²) in [6.07, 6.45) is 0.918. The standard InChI is InChI=1S/C15H22F2N2/c1-4-18-13-7-8-19(9-11(13)3)15-12(16)6-5-10(2)14(15)17/h5-6,11,13,18H,4,7-9H2,1-3H3. The zero-order valence-corrected chi connectivity index (χ0v) is 11.8. The van der Waals surface area contributed by atoms with Crippen molar-refractivity contribution >= 4 is 5.69 Å². The molecule has 4 heteroatoms. The van der Waals surface area contributed by atoms with Gasteiger partial charge in [-0.15, -0.1) is 0 Å². The van der Waals surface area contributed by atoms with Crippen molar-refractivity contribution in [3.05, 3.63) is 29.3 Å². The van der Waals surface area contributed by atoms with Crippen LogP contribution in [0.25, 0.3) is 0 Å². The van der Waals surface area contributed by atoms with Crippen molar-refractivity contribution in [2.24, 2.45) is 5.92 Å². The normalized spacial score (nSPS) is 23.7.